The van der Waals surface area contributed by atoms with Crippen molar-refractivity contribution >= 4 is 30.8 Å². The van der Waals surface area contributed by atoms with Crippen molar-refractivity contribution < 1.29 is 37.7 Å². The molecule has 1 aromatic carbocycles. The van der Waals surface area contributed by atoms with Crippen LogP contribution in [0.4, 0.5) is 5.95 Å². The summed E-state index contributed by atoms with van der Waals surface area (Å²) in [7, 11) is -4.27. The van der Waals surface area contributed by atoms with Crippen LogP contribution in [0.1, 0.15) is 33.9 Å². The molecule has 3 aromatic rings. The van der Waals surface area contributed by atoms with Gasteiger partial charge in [-0.05, 0) is 45.4 Å². The Hall–Kier alpha value is -3.98. The highest BCUT2D eigenvalue weighted by Gasteiger charge is 2.55. The summed E-state index contributed by atoms with van der Waals surface area (Å²) in [5.41, 5.74) is 14.1. The molecule has 1 saturated heterocycles. The molecule has 1 fully saturated rings. The minimum atomic E-state index is -4.27. The van der Waals surface area contributed by atoms with E-state index in [1.54, 1.807) is 44.2 Å². The number of anilines is 1. The van der Waals surface area contributed by atoms with Gasteiger partial charge in [-0.2, -0.15) is 15.1 Å². The lowest BCUT2D eigenvalue weighted by Gasteiger charge is -2.28. The van der Waals surface area contributed by atoms with Crippen LogP contribution in [0.2, 0.25) is 0 Å². The first kappa shape index (κ1) is 31.0. The molecule has 0 bridgehead atoms. The molecular formula is C24H32N9O8P. The summed E-state index contributed by atoms with van der Waals surface area (Å²) in [5.74, 6) is -0.437. The Kier molecular flexibility index (Phi) is 9.51. The number of imidazole rings is 1. The SMILES string of the molecule is CCOC(=O)[C@H](C)NP(=O)(OC[C@H]1OC(n2cnc3c(OCC)nc(N)nc32)[C@](C)(N=[N+]=[N-])[C@@H]1O)Oc1ccccc1. The zero-order valence-corrected chi connectivity index (χ0v) is 24.2. The molecule has 2 unspecified atom stereocenters. The quantitative estimate of drug-likeness (QED) is 0.0837. The number of aliphatic hydroxyl groups excluding tert-OH is 1. The van der Waals surface area contributed by atoms with Gasteiger partial charge in [-0.25, -0.2) is 9.55 Å². The summed E-state index contributed by atoms with van der Waals surface area (Å²) in [6, 6.07) is 7.10. The number of fused-ring (bicyclic) bond motifs is 1. The van der Waals surface area contributed by atoms with E-state index in [2.05, 4.69) is 30.1 Å². The van der Waals surface area contributed by atoms with E-state index in [0.29, 0.717) is 6.61 Å². The number of para-hydroxylation sites is 1. The minimum Gasteiger partial charge on any atom is -0.476 e. The van der Waals surface area contributed by atoms with Crippen molar-refractivity contribution in [1.82, 2.24) is 24.6 Å². The zero-order valence-electron chi connectivity index (χ0n) is 23.4. The number of nitrogens with two attached hydrogens (primary N) is 1. The van der Waals surface area contributed by atoms with Gasteiger partial charge in [0.2, 0.25) is 11.8 Å². The fourth-order valence-corrected chi connectivity index (χ4v) is 5.84. The summed E-state index contributed by atoms with van der Waals surface area (Å²) in [4.78, 5) is 27.8. The van der Waals surface area contributed by atoms with Crippen LogP contribution in [0, 0.1) is 0 Å². The Labute approximate surface area is 240 Å². The van der Waals surface area contributed by atoms with E-state index in [9.17, 15) is 20.0 Å². The molecule has 4 N–H and O–H groups in total. The van der Waals surface area contributed by atoms with E-state index < -0.39 is 50.3 Å². The maximum absolute atomic E-state index is 13.8. The smallest absolute Gasteiger partial charge is 0.459 e. The second-order valence-corrected chi connectivity index (χ2v) is 11.0. The standard InChI is InChI=1S/C24H32N9O8P/c1-5-37-20-17-19(28-23(25)29-20)33(13-27-17)22-24(4,31-32-26)18(34)16(40-22)12-39-42(36,30-14(3)21(35)38-6-2)41-15-10-8-7-9-11-15/h7-11,13-14,16,18,22,34H,5-6,12H2,1-4H3,(H,30,36)(H2,25,28,29)/t14-,16+,18+,22?,24+,42?/m0/s1. The Bertz CT molecular complexity index is 1500. The van der Waals surface area contributed by atoms with E-state index >= 15 is 0 Å². The molecule has 0 radical (unpaired) electrons. The summed E-state index contributed by atoms with van der Waals surface area (Å²) in [6.45, 7) is 6.22. The Morgan fingerprint density at radius 2 is 2.07 bits per heavy atom. The van der Waals surface area contributed by atoms with Gasteiger partial charge >= 0.3 is 13.7 Å². The van der Waals surface area contributed by atoms with E-state index in [0.717, 1.165) is 0 Å². The highest BCUT2D eigenvalue weighted by atomic mass is 31.2. The number of nitrogens with zero attached hydrogens (tertiary/aromatic N) is 7. The van der Waals surface area contributed by atoms with Gasteiger partial charge in [0.1, 0.15) is 23.4 Å². The van der Waals surface area contributed by atoms with Crippen LogP contribution < -0.4 is 20.1 Å². The predicted molar refractivity (Wildman–Crippen MR) is 148 cm³/mol. The van der Waals surface area contributed by atoms with Crippen molar-refractivity contribution in [3.05, 3.63) is 47.1 Å². The molecule has 3 heterocycles. The first-order valence-electron chi connectivity index (χ1n) is 13.0. The number of aliphatic hydroxyl groups is 1. The average molecular weight is 606 g/mol. The van der Waals surface area contributed by atoms with Gasteiger partial charge in [-0.1, -0.05) is 23.3 Å². The molecule has 18 heteroatoms. The summed E-state index contributed by atoms with van der Waals surface area (Å²) in [5, 5.41) is 17.7. The van der Waals surface area contributed by atoms with Gasteiger partial charge in [0, 0.05) is 4.91 Å². The van der Waals surface area contributed by atoms with Crippen LogP contribution in [0.5, 0.6) is 11.6 Å². The van der Waals surface area contributed by atoms with E-state index in [1.165, 1.54) is 24.7 Å². The van der Waals surface area contributed by atoms with Crippen molar-refractivity contribution in [3.63, 3.8) is 0 Å². The van der Waals surface area contributed by atoms with Gasteiger partial charge in [0.25, 0.3) is 0 Å². The van der Waals surface area contributed by atoms with Crippen molar-refractivity contribution in [2.24, 2.45) is 5.11 Å². The Morgan fingerprint density at radius 1 is 1.33 bits per heavy atom. The molecule has 226 valence electrons. The first-order chi connectivity index (χ1) is 20.0. The van der Waals surface area contributed by atoms with Gasteiger partial charge in [-0.3, -0.25) is 13.9 Å². The van der Waals surface area contributed by atoms with Gasteiger partial charge in [0.15, 0.2) is 17.4 Å². The molecule has 17 nitrogen and oxygen atoms in total. The maximum Gasteiger partial charge on any atom is 0.459 e. The van der Waals surface area contributed by atoms with Gasteiger partial charge in [0.05, 0.1) is 32.3 Å². The van der Waals surface area contributed by atoms with Crippen molar-refractivity contribution in [3.8, 4) is 11.6 Å². The van der Waals surface area contributed by atoms with Crippen molar-refractivity contribution in [1.29, 1.82) is 0 Å². The summed E-state index contributed by atoms with van der Waals surface area (Å²) < 4.78 is 43.2. The van der Waals surface area contributed by atoms with E-state index in [1.807, 2.05) is 0 Å². The number of hydrogen-bond acceptors (Lipinski definition) is 13. The second kappa shape index (κ2) is 12.9. The van der Waals surface area contributed by atoms with Crippen LogP contribution in [0.15, 0.2) is 41.8 Å². The molecule has 0 saturated carbocycles. The molecule has 42 heavy (non-hydrogen) atoms. The number of esters is 1. The average Bonchev–Trinajstić information content (AvgIpc) is 3.47. The molecule has 0 spiro atoms. The highest BCUT2D eigenvalue weighted by molar-refractivity contribution is 7.52. The van der Waals surface area contributed by atoms with Crippen LogP contribution in [0.25, 0.3) is 21.6 Å². The molecule has 0 amide bonds. The van der Waals surface area contributed by atoms with Crippen molar-refractivity contribution in [2.75, 3.05) is 25.6 Å². The van der Waals surface area contributed by atoms with Crippen LogP contribution in [-0.2, 0) is 23.4 Å². The number of ether oxygens (including phenoxy) is 3. The van der Waals surface area contributed by atoms with Crippen molar-refractivity contribution in [2.45, 2.75) is 57.7 Å². The normalized spacial score (nSPS) is 24.0. The predicted octanol–water partition coefficient (Wildman–Crippen LogP) is 2.88. The number of nitrogens with one attached hydrogen (secondary N) is 1. The molecular weight excluding hydrogens is 573 g/mol. The number of hydrogen-bond donors (Lipinski definition) is 3. The van der Waals surface area contributed by atoms with Gasteiger partial charge in [-0.15, -0.1) is 0 Å². The lowest BCUT2D eigenvalue weighted by atomic mass is 9.93. The Morgan fingerprint density at radius 3 is 2.74 bits per heavy atom. The fourth-order valence-electron chi connectivity index (χ4n) is 4.34. The third kappa shape index (κ3) is 6.41. The molecule has 4 rings (SSSR count). The molecule has 1 aliphatic heterocycles. The molecule has 2 aromatic heterocycles. The minimum absolute atomic E-state index is 0.0996. The van der Waals surface area contributed by atoms with Crippen LogP contribution >= 0.6 is 7.75 Å². The third-order valence-corrected chi connectivity index (χ3v) is 7.97. The lowest BCUT2D eigenvalue weighted by Crippen LogP contribution is -2.43. The number of benzene rings is 1. The van der Waals surface area contributed by atoms with E-state index in [-0.39, 0.29) is 35.3 Å². The number of carbonyl (C=O) groups is 1. The maximum atomic E-state index is 13.8. The number of aromatic nitrogens is 4. The van der Waals surface area contributed by atoms with Crippen LogP contribution in [-0.4, -0.2) is 74.2 Å². The van der Waals surface area contributed by atoms with Gasteiger partial charge < -0.3 is 29.6 Å². The number of azide groups is 1. The van der Waals surface area contributed by atoms with Crippen LogP contribution in [0.3, 0.4) is 0 Å². The third-order valence-electron chi connectivity index (χ3n) is 6.32. The molecule has 1 aliphatic rings. The summed E-state index contributed by atoms with van der Waals surface area (Å²) >= 11 is 0. The number of carbonyl (C=O) groups excluding carboxylic acids is 1. The molecule has 6 atom stereocenters. The first-order valence-corrected chi connectivity index (χ1v) is 14.6. The molecule has 0 aliphatic carbocycles. The topological polar surface area (TPSA) is 231 Å². The van der Waals surface area contributed by atoms with E-state index in [4.69, 9.17) is 29.0 Å². The fraction of sp³-hybridized carbons (Fsp3) is 0.500. The highest BCUT2D eigenvalue weighted by Crippen LogP contribution is 2.48. The lowest BCUT2D eigenvalue weighted by molar-refractivity contribution is -0.144. The monoisotopic (exact) mass is 605 g/mol. The number of rotatable bonds is 13. The summed E-state index contributed by atoms with van der Waals surface area (Å²) in [6.07, 6.45) is -2.46. The second-order valence-electron chi connectivity index (χ2n) is 9.33. The number of nitrogen functional groups attached to an aromatic ring is 1. The largest absolute Gasteiger partial charge is 0.476 e. The zero-order chi connectivity index (χ0) is 30.5. The Balaban J connectivity index is 1.63.